The second kappa shape index (κ2) is 4.74. The van der Waals surface area contributed by atoms with Gasteiger partial charge in [-0.2, -0.15) is 4.98 Å². The van der Waals surface area contributed by atoms with Crippen molar-refractivity contribution in [2.45, 2.75) is 58.7 Å². The molecule has 1 aromatic heterocycles. The molecule has 5 heteroatoms. The van der Waals surface area contributed by atoms with Gasteiger partial charge in [0.15, 0.2) is 5.82 Å². The molecule has 0 atom stereocenters. The summed E-state index contributed by atoms with van der Waals surface area (Å²) in [6.45, 7) is 10.9. The van der Waals surface area contributed by atoms with Crippen molar-refractivity contribution in [3.63, 3.8) is 0 Å². The summed E-state index contributed by atoms with van der Waals surface area (Å²) < 4.78 is 5.22. The molecular formula is C12H24N4O. The van der Waals surface area contributed by atoms with Crippen molar-refractivity contribution >= 4 is 0 Å². The van der Waals surface area contributed by atoms with Crippen LogP contribution in [0.1, 0.15) is 52.8 Å². The lowest BCUT2D eigenvalue weighted by atomic mass is 10.0. The Morgan fingerprint density at radius 1 is 1.29 bits per heavy atom. The van der Waals surface area contributed by atoms with Gasteiger partial charge in [-0.3, -0.25) is 4.90 Å². The molecule has 0 radical (unpaired) electrons. The van der Waals surface area contributed by atoms with E-state index < -0.39 is 5.54 Å². The molecule has 1 heterocycles. The van der Waals surface area contributed by atoms with Crippen LogP contribution in [0.25, 0.3) is 0 Å². The first kappa shape index (κ1) is 14.1. The maximum absolute atomic E-state index is 5.91. The summed E-state index contributed by atoms with van der Waals surface area (Å²) in [6.07, 6.45) is 1.06. The van der Waals surface area contributed by atoms with Crippen LogP contribution in [-0.2, 0) is 12.1 Å². The molecule has 2 N–H and O–H groups in total. The first-order valence-electron chi connectivity index (χ1n) is 6.00. The van der Waals surface area contributed by atoms with Crippen LogP contribution < -0.4 is 5.73 Å². The molecule has 0 spiro atoms. The van der Waals surface area contributed by atoms with E-state index in [2.05, 4.69) is 42.9 Å². The van der Waals surface area contributed by atoms with Crippen LogP contribution in [0.4, 0.5) is 0 Å². The van der Waals surface area contributed by atoms with Gasteiger partial charge in [0.2, 0.25) is 5.89 Å². The topological polar surface area (TPSA) is 68.2 Å². The third kappa shape index (κ3) is 3.51. The van der Waals surface area contributed by atoms with Crippen molar-refractivity contribution in [2.75, 3.05) is 7.05 Å². The molecule has 0 unspecified atom stereocenters. The molecule has 17 heavy (non-hydrogen) atoms. The molecule has 0 aromatic carbocycles. The van der Waals surface area contributed by atoms with Crippen molar-refractivity contribution < 1.29 is 4.52 Å². The SMILES string of the molecule is CCC(C)(C)N(C)Cc1nc(C(C)(C)N)no1. The Morgan fingerprint density at radius 3 is 2.29 bits per heavy atom. The maximum Gasteiger partial charge on any atom is 0.240 e. The quantitative estimate of drug-likeness (QED) is 0.851. The van der Waals surface area contributed by atoms with Crippen LogP contribution in [-0.4, -0.2) is 27.6 Å². The van der Waals surface area contributed by atoms with E-state index in [4.69, 9.17) is 10.3 Å². The van der Waals surface area contributed by atoms with Gasteiger partial charge in [0.25, 0.3) is 0 Å². The highest BCUT2D eigenvalue weighted by Gasteiger charge is 2.25. The van der Waals surface area contributed by atoms with E-state index >= 15 is 0 Å². The van der Waals surface area contributed by atoms with E-state index in [9.17, 15) is 0 Å². The minimum Gasteiger partial charge on any atom is -0.338 e. The van der Waals surface area contributed by atoms with Crippen molar-refractivity contribution in [1.29, 1.82) is 0 Å². The Labute approximate surface area is 103 Å². The summed E-state index contributed by atoms with van der Waals surface area (Å²) in [5.74, 6) is 1.16. The second-order valence-electron chi connectivity index (χ2n) is 5.76. The summed E-state index contributed by atoms with van der Waals surface area (Å²) in [6, 6.07) is 0. The maximum atomic E-state index is 5.91. The van der Waals surface area contributed by atoms with Gasteiger partial charge in [0.05, 0.1) is 12.1 Å². The Morgan fingerprint density at radius 2 is 1.88 bits per heavy atom. The molecule has 0 bridgehead atoms. The average molecular weight is 240 g/mol. The largest absolute Gasteiger partial charge is 0.338 e. The van der Waals surface area contributed by atoms with Crippen molar-refractivity contribution in [2.24, 2.45) is 5.73 Å². The third-order valence-electron chi connectivity index (χ3n) is 3.32. The minimum absolute atomic E-state index is 0.118. The molecule has 0 aliphatic heterocycles. The first-order valence-corrected chi connectivity index (χ1v) is 6.00. The molecule has 0 fully saturated rings. The minimum atomic E-state index is -0.555. The van der Waals surface area contributed by atoms with Gasteiger partial charge in [-0.15, -0.1) is 0 Å². The van der Waals surface area contributed by atoms with Gasteiger partial charge < -0.3 is 10.3 Å². The molecule has 1 rings (SSSR count). The lowest BCUT2D eigenvalue weighted by Crippen LogP contribution is -2.39. The number of aromatic nitrogens is 2. The van der Waals surface area contributed by atoms with Gasteiger partial charge >= 0.3 is 0 Å². The lowest BCUT2D eigenvalue weighted by Gasteiger charge is -2.33. The Balaban J connectivity index is 2.74. The third-order valence-corrected chi connectivity index (χ3v) is 3.32. The number of nitrogens with zero attached hydrogens (tertiary/aromatic N) is 3. The molecule has 98 valence electrons. The molecule has 1 aromatic rings. The summed E-state index contributed by atoms with van der Waals surface area (Å²) in [5.41, 5.74) is 5.48. The Kier molecular flexibility index (Phi) is 3.94. The molecule has 0 saturated heterocycles. The fraction of sp³-hybridized carbons (Fsp3) is 0.833. The van der Waals surface area contributed by atoms with Crippen LogP contribution in [0.2, 0.25) is 0 Å². The van der Waals surface area contributed by atoms with Crippen molar-refractivity contribution in [3.8, 4) is 0 Å². The van der Waals surface area contributed by atoms with Crippen LogP contribution in [0.5, 0.6) is 0 Å². The number of hydrogen-bond acceptors (Lipinski definition) is 5. The van der Waals surface area contributed by atoms with E-state index in [1.54, 1.807) is 0 Å². The Hall–Kier alpha value is -0.940. The van der Waals surface area contributed by atoms with E-state index in [1.807, 2.05) is 13.8 Å². The van der Waals surface area contributed by atoms with Gasteiger partial charge in [0, 0.05) is 5.54 Å². The number of hydrogen-bond donors (Lipinski definition) is 1. The highest BCUT2D eigenvalue weighted by atomic mass is 16.5. The fourth-order valence-corrected chi connectivity index (χ4v) is 1.27. The first-order chi connectivity index (χ1) is 7.66. The monoisotopic (exact) mass is 240 g/mol. The zero-order chi connectivity index (χ0) is 13.3. The Bertz CT molecular complexity index is 365. The smallest absolute Gasteiger partial charge is 0.240 e. The fourth-order valence-electron chi connectivity index (χ4n) is 1.27. The number of rotatable bonds is 5. The van der Waals surface area contributed by atoms with Crippen molar-refractivity contribution in [3.05, 3.63) is 11.7 Å². The zero-order valence-electron chi connectivity index (χ0n) is 11.7. The van der Waals surface area contributed by atoms with Crippen LogP contribution >= 0.6 is 0 Å². The highest BCUT2D eigenvalue weighted by molar-refractivity contribution is 4.99. The molecule has 5 nitrogen and oxygen atoms in total. The molecule has 0 aliphatic carbocycles. The predicted molar refractivity (Wildman–Crippen MR) is 67.3 cm³/mol. The summed E-state index contributed by atoms with van der Waals surface area (Å²) >= 11 is 0. The summed E-state index contributed by atoms with van der Waals surface area (Å²) in [4.78, 5) is 6.53. The zero-order valence-corrected chi connectivity index (χ0v) is 11.7. The molecular weight excluding hydrogens is 216 g/mol. The number of nitrogens with two attached hydrogens (primary N) is 1. The average Bonchev–Trinajstić information content (AvgIpc) is 2.65. The highest BCUT2D eigenvalue weighted by Crippen LogP contribution is 2.19. The molecule has 0 aliphatic rings. The van der Waals surface area contributed by atoms with Gasteiger partial charge in [-0.25, -0.2) is 0 Å². The predicted octanol–water partition coefficient (Wildman–Crippen LogP) is 1.88. The van der Waals surface area contributed by atoms with Crippen LogP contribution in [0, 0.1) is 0 Å². The van der Waals surface area contributed by atoms with Gasteiger partial charge in [0.1, 0.15) is 0 Å². The summed E-state index contributed by atoms with van der Waals surface area (Å²) in [7, 11) is 2.06. The molecule has 0 saturated carbocycles. The lowest BCUT2D eigenvalue weighted by molar-refractivity contribution is 0.126. The van der Waals surface area contributed by atoms with E-state index in [0.29, 0.717) is 18.3 Å². The van der Waals surface area contributed by atoms with E-state index in [1.165, 1.54) is 0 Å². The van der Waals surface area contributed by atoms with E-state index in [0.717, 1.165) is 6.42 Å². The standard InChI is InChI=1S/C12H24N4O/c1-7-11(2,3)16(6)8-9-14-10(15-17-9)12(4,5)13/h7-8,13H2,1-6H3. The van der Waals surface area contributed by atoms with E-state index in [-0.39, 0.29) is 5.54 Å². The summed E-state index contributed by atoms with van der Waals surface area (Å²) in [5, 5.41) is 3.91. The van der Waals surface area contributed by atoms with Gasteiger partial charge in [-0.1, -0.05) is 12.1 Å². The van der Waals surface area contributed by atoms with Crippen LogP contribution in [0.3, 0.4) is 0 Å². The normalized spacial score (nSPS) is 13.4. The van der Waals surface area contributed by atoms with Gasteiger partial charge in [-0.05, 0) is 41.2 Å². The molecule has 0 amide bonds. The van der Waals surface area contributed by atoms with Crippen molar-refractivity contribution in [1.82, 2.24) is 15.0 Å². The second-order valence-corrected chi connectivity index (χ2v) is 5.76. The van der Waals surface area contributed by atoms with Crippen LogP contribution in [0.15, 0.2) is 4.52 Å².